The molecule has 9 atom stereocenters. The lowest BCUT2D eigenvalue weighted by Crippen LogP contribution is -2.51. The molecule has 0 spiro atoms. The average Bonchev–Trinajstić information content (AvgIpc) is 3.24. The molecule has 3 saturated carbocycles. The van der Waals surface area contributed by atoms with Gasteiger partial charge in [0.15, 0.2) is 0 Å². The zero-order valence-corrected chi connectivity index (χ0v) is 23.9. The van der Waals surface area contributed by atoms with Crippen molar-refractivity contribution in [2.45, 2.75) is 111 Å². The first kappa shape index (κ1) is 27.0. The van der Waals surface area contributed by atoms with Gasteiger partial charge in [-0.1, -0.05) is 64.5 Å². The molecular formula is C34H50O3. The number of esters is 1. The Balaban J connectivity index is 1.27. The summed E-state index contributed by atoms with van der Waals surface area (Å²) < 4.78 is 5.99. The molecule has 0 aliphatic heterocycles. The molecular weight excluding hydrogens is 456 g/mol. The second-order valence-corrected chi connectivity index (χ2v) is 14.0. The van der Waals surface area contributed by atoms with Crippen LogP contribution in [0.1, 0.15) is 109 Å². The Kier molecular flexibility index (Phi) is 7.66. The van der Waals surface area contributed by atoms with E-state index in [1.165, 1.54) is 32.1 Å². The highest BCUT2D eigenvalue weighted by Crippen LogP contribution is 2.67. The van der Waals surface area contributed by atoms with E-state index < -0.39 is 0 Å². The van der Waals surface area contributed by atoms with Crippen molar-refractivity contribution < 1.29 is 14.6 Å². The van der Waals surface area contributed by atoms with Crippen LogP contribution in [0.25, 0.3) is 0 Å². The molecule has 1 N–H and O–H groups in total. The molecule has 0 heterocycles. The van der Waals surface area contributed by atoms with Crippen LogP contribution in [-0.4, -0.2) is 23.3 Å². The van der Waals surface area contributed by atoms with Gasteiger partial charge in [0.1, 0.15) is 6.10 Å². The van der Waals surface area contributed by atoms with E-state index in [9.17, 15) is 9.90 Å². The third-order valence-electron chi connectivity index (χ3n) is 11.7. The molecule has 3 fully saturated rings. The number of aliphatic hydroxyl groups is 1. The number of ether oxygens (including phenoxy) is 1. The molecule has 3 nitrogen and oxygen atoms in total. The summed E-state index contributed by atoms with van der Waals surface area (Å²) in [5.74, 6) is 3.80. The normalized spacial score (nSPS) is 38.7. The Bertz CT molecular complexity index is 982. The lowest BCUT2D eigenvalue weighted by molar-refractivity contribution is -0.0694. The van der Waals surface area contributed by atoms with Gasteiger partial charge in [-0.3, -0.25) is 0 Å². The van der Waals surface area contributed by atoms with Gasteiger partial charge in [-0.25, -0.2) is 4.79 Å². The Morgan fingerprint density at radius 3 is 2.49 bits per heavy atom. The fourth-order valence-corrected chi connectivity index (χ4v) is 9.46. The minimum absolute atomic E-state index is 0.00137. The van der Waals surface area contributed by atoms with Crippen molar-refractivity contribution in [2.75, 3.05) is 0 Å². The van der Waals surface area contributed by atoms with Crippen molar-refractivity contribution >= 4 is 5.97 Å². The summed E-state index contributed by atoms with van der Waals surface area (Å²) in [6, 6.07) is 9.42. The number of carbonyl (C=O) groups excluding carboxylic acids is 1. The molecule has 204 valence electrons. The Morgan fingerprint density at radius 1 is 1.00 bits per heavy atom. The highest BCUT2D eigenvalue weighted by Gasteiger charge is 2.59. The van der Waals surface area contributed by atoms with Gasteiger partial charge in [0, 0.05) is 6.42 Å². The predicted molar refractivity (Wildman–Crippen MR) is 150 cm³/mol. The van der Waals surface area contributed by atoms with Gasteiger partial charge in [-0.05, 0) is 116 Å². The quantitative estimate of drug-likeness (QED) is 0.299. The fraction of sp³-hybridized carbons (Fsp3) is 0.735. The van der Waals surface area contributed by atoms with Crippen LogP contribution < -0.4 is 0 Å². The molecule has 5 rings (SSSR count). The van der Waals surface area contributed by atoms with Crippen LogP contribution in [0.5, 0.6) is 0 Å². The number of carbonyl (C=O) groups is 1. The predicted octanol–water partition coefficient (Wildman–Crippen LogP) is 8.22. The maximum atomic E-state index is 12.7. The summed E-state index contributed by atoms with van der Waals surface area (Å²) in [5, 5.41) is 11.1. The molecule has 3 heteroatoms. The second-order valence-electron chi connectivity index (χ2n) is 14.0. The fourth-order valence-electron chi connectivity index (χ4n) is 9.46. The Hall–Kier alpha value is -1.61. The maximum Gasteiger partial charge on any atom is 0.338 e. The average molecular weight is 507 g/mol. The first-order valence-electron chi connectivity index (χ1n) is 15.3. The SMILES string of the molecule is CC(C)CC[C@@H](O)[C@@H](C)[C@H]1CC[C@H]2[C@@H]3CC=C4C[C@@H](OC(=O)c5ccccc5)CC[C@]4(C)[C@H]3CC[C@]12C. The van der Waals surface area contributed by atoms with Crippen LogP contribution in [0.2, 0.25) is 0 Å². The van der Waals surface area contributed by atoms with Gasteiger partial charge in [0.05, 0.1) is 11.7 Å². The van der Waals surface area contributed by atoms with Crippen molar-refractivity contribution in [1.29, 1.82) is 0 Å². The van der Waals surface area contributed by atoms with E-state index in [0.29, 0.717) is 28.7 Å². The molecule has 0 amide bonds. The number of rotatable bonds is 7. The Morgan fingerprint density at radius 2 is 1.76 bits per heavy atom. The van der Waals surface area contributed by atoms with Crippen LogP contribution in [0.4, 0.5) is 0 Å². The van der Waals surface area contributed by atoms with Crippen LogP contribution in [0, 0.1) is 46.3 Å². The Labute approximate surface area is 225 Å². The molecule has 0 aromatic heterocycles. The van der Waals surface area contributed by atoms with E-state index in [4.69, 9.17) is 4.74 Å². The maximum absolute atomic E-state index is 12.7. The van der Waals surface area contributed by atoms with Crippen LogP contribution in [-0.2, 0) is 4.74 Å². The summed E-state index contributed by atoms with van der Waals surface area (Å²) in [5.41, 5.74) is 2.82. The third kappa shape index (κ3) is 4.95. The van der Waals surface area contributed by atoms with Gasteiger partial charge in [0.2, 0.25) is 0 Å². The van der Waals surface area contributed by atoms with Gasteiger partial charge in [0.25, 0.3) is 0 Å². The van der Waals surface area contributed by atoms with Crippen molar-refractivity contribution in [1.82, 2.24) is 0 Å². The van der Waals surface area contributed by atoms with Crippen LogP contribution in [0.3, 0.4) is 0 Å². The molecule has 0 saturated heterocycles. The van der Waals surface area contributed by atoms with E-state index in [0.717, 1.165) is 49.9 Å². The smallest absolute Gasteiger partial charge is 0.338 e. The minimum Gasteiger partial charge on any atom is -0.458 e. The van der Waals surface area contributed by atoms with Crippen molar-refractivity contribution in [2.24, 2.45) is 46.3 Å². The topological polar surface area (TPSA) is 46.5 Å². The number of hydrogen-bond donors (Lipinski definition) is 1. The number of aliphatic hydroxyl groups excluding tert-OH is 1. The van der Waals surface area contributed by atoms with Crippen LogP contribution >= 0.6 is 0 Å². The highest BCUT2D eigenvalue weighted by molar-refractivity contribution is 5.89. The molecule has 1 aromatic rings. The van der Waals surface area contributed by atoms with Gasteiger partial charge < -0.3 is 9.84 Å². The summed E-state index contributed by atoms with van der Waals surface area (Å²) in [4.78, 5) is 12.7. The number of allylic oxidation sites excluding steroid dienone is 1. The molecule has 4 aliphatic carbocycles. The van der Waals surface area contributed by atoms with Gasteiger partial charge in [-0.2, -0.15) is 0 Å². The zero-order chi connectivity index (χ0) is 26.4. The first-order valence-corrected chi connectivity index (χ1v) is 15.3. The van der Waals surface area contributed by atoms with Crippen LogP contribution in [0.15, 0.2) is 42.0 Å². The first-order chi connectivity index (χ1) is 17.6. The molecule has 4 aliphatic rings. The van der Waals surface area contributed by atoms with Crippen molar-refractivity contribution in [3.8, 4) is 0 Å². The van der Waals surface area contributed by atoms with Gasteiger partial charge in [-0.15, -0.1) is 0 Å². The minimum atomic E-state index is -0.182. The largest absolute Gasteiger partial charge is 0.458 e. The number of benzene rings is 1. The summed E-state index contributed by atoms with van der Waals surface area (Å²) in [6.07, 6.45) is 13.9. The van der Waals surface area contributed by atoms with Crippen molar-refractivity contribution in [3.05, 3.63) is 47.5 Å². The van der Waals surface area contributed by atoms with E-state index in [2.05, 4.69) is 40.7 Å². The summed E-state index contributed by atoms with van der Waals surface area (Å²) >= 11 is 0. The summed E-state index contributed by atoms with van der Waals surface area (Å²) in [6.45, 7) is 12.0. The van der Waals surface area contributed by atoms with E-state index in [1.807, 2.05) is 30.3 Å². The third-order valence-corrected chi connectivity index (χ3v) is 11.7. The molecule has 0 bridgehead atoms. The molecule has 0 radical (unpaired) electrons. The lowest BCUT2D eigenvalue weighted by atomic mass is 9.47. The standard InChI is InChI=1S/C34H50O3/c1-22(2)11-16-31(35)23(3)28-14-15-29-27-13-12-25-21-26(37-32(36)24-9-7-6-8-10-24)17-19-33(25,4)30(27)18-20-34(28,29)5/h6-10,12,22-23,26-31,35H,11,13-21H2,1-5H3/t23-,26-,27-,28+,29-,30-,31+,33-,34+/m0/s1. The van der Waals surface area contributed by atoms with E-state index in [-0.39, 0.29) is 23.6 Å². The van der Waals surface area contributed by atoms with E-state index in [1.54, 1.807) is 5.57 Å². The molecule has 1 aromatic carbocycles. The summed E-state index contributed by atoms with van der Waals surface area (Å²) in [7, 11) is 0. The number of hydrogen-bond acceptors (Lipinski definition) is 3. The highest BCUT2D eigenvalue weighted by atomic mass is 16.5. The van der Waals surface area contributed by atoms with E-state index >= 15 is 0 Å². The van der Waals surface area contributed by atoms with Gasteiger partial charge >= 0.3 is 5.97 Å². The zero-order valence-electron chi connectivity index (χ0n) is 23.9. The number of fused-ring (bicyclic) bond motifs is 5. The lowest BCUT2D eigenvalue weighted by Gasteiger charge is -2.58. The molecule has 0 unspecified atom stereocenters. The monoisotopic (exact) mass is 506 g/mol. The van der Waals surface area contributed by atoms with Crippen molar-refractivity contribution in [3.63, 3.8) is 0 Å². The second kappa shape index (κ2) is 10.5. The molecule has 37 heavy (non-hydrogen) atoms.